The van der Waals surface area contributed by atoms with Gasteiger partial charge in [-0.05, 0) is 26.3 Å². The van der Waals surface area contributed by atoms with Crippen molar-refractivity contribution in [2.45, 2.75) is 51.4 Å². The number of aromatic amines is 1. The molecule has 0 unspecified atom stereocenters. The first-order valence-electron chi connectivity index (χ1n) is 10.0. The van der Waals surface area contributed by atoms with Crippen molar-refractivity contribution in [1.82, 2.24) is 14.5 Å². The number of anilines is 2. The molecule has 0 spiro atoms. The monoisotopic (exact) mass is 484 g/mol. The van der Waals surface area contributed by atoms with Crippen LogP contribution in [0.2, 0.25) is 0 Å². The Morgan fingerprint density at radius 2 is 2.03 bits per heavy atom. The number of alkyl halides is 3. The summed E-state index contributed by atoms with van der Waals surface area (Å²) < 4.78 is 41.1. The fraction of sp³-hybridized carbons (Fsp3) is 0.450. The van der Waals surface area contributed by atoms with E-state index in [1.54, 1.807) is 6.92 Å². The minimum absolute atomic E-state index is 0.0127. The third-order valence-corrected chi connectivity index (χ3v) is 5.66. The molecule has 0 radical (unpaired) electrons. The third kappa shape index (κ3) is 5.75. The second-order valence-corrected chi connectivity index (χ2v) is 7.99. The quantitative estimate of drug-likeness (QED) is 0.550. The lowest BCUT2D eigenvalue weighted by Gasteiger charge is -2.23. The summed E-state index contributed by atoms with van der Waals surface area (Å²) in [4.78, 5) is 44.6. The number of H-pyrrole nitrogens is 1. The predicted molar refractivity (Wildman–Crippen MR) is 118 cm³/mol. The Morgan fingerprint density at radius 1 is 1.36 bits per heavy atom. The summed E-state index contributed by atoms with van der Waals surface area (Å²) in [7, 11) is 0. The second-order valence-electron chi connectivity index (χ2n) is 7.03. The molecule has 2 aromatic heterocycles. The van der Waals surface area contributed by atoms with Gasteiger partial charge in [0.05, 0.1) is 16.9 Å². The summed E-state index contributed by atoms with van der Waals surface area (Å²) >= 11 is 0.649. The molecule has 9 nitrogen and oxygen atoms in total. The van der Waals surface area contributed by atoms with Crippen LogP contribution in [-0.4, -0.2) is 32.7 Å². The van der Waals surface area contributed by atoms with Crippen molar-refractivity contribution in [2.75, 3.05) is 22.9 Å². The molecule has 0 fully saturated rings. The Morgan fingerprint density at radius 3 is 2.58 bits per heavy atom. The SMILES string of the molecule is CCCCn1c(N)c(N(CC)C(=O)CSc2nc(C)cc(C(F)(F)F)c2C#N)c(=O)[nH]c1=O. The summed E-state index contributed by atoms with van der Waals surface area (Å²) in [5, 5.41) is 9.01. The summed E-state index contributed by atoms with van der Waals surface area (Å²) in [6.07, 6.45) is -3.39. The van der Waals surface area contributed by atoms with E-state index in [2.05, 4.69) is 9.97 Å². The zero-order chi connectivity index (χ0) is 24.9. The third-order valence-electron chi connectivity index (χ3n) is 4.70. The molecule has 2 rings (SSSR count). The molecule has 0 aliphatic rings. The van der Waals surface area contributed by atoms with Gasteiger partial charge in [0.1, 0.15) is 16.9 Å². The summed E-state index contributed by atoms with van der Waals surface area (Å²) in [5.74, 6) is -1.24. The maximum atomic E-state index is 13.3. The van der Waals surface area contributed by atoms with Crippen LogP contribution in [0.3, 0.4) is 0 Å². The number of nitrogen functional groups attached to an aromatic ring is 1. The summed E-state index contributed by atoms with van der Waals surface area (Å²) in [6, 6.07) is 2.27. The maximum Gasteiger partial charge on any atom is 0.417 e. The average molecular weight is 485 g/mol. The first-order valence-corrected chi connectivity index (χ1v) is 11.0. The minimum atomic E-state index is -4.76. The predicted octanol–water partition coefficient (Wildman–Crippen LogP) is 2.66. The second kappa shape index (κ2) is 10.6. The van der Waals surface area contributed by atoms with E-state index in [1.165, 1.54) is 13.0 Å². The number of nitrogens with two attached hydrogens (primary N) is 1. The van der Waals surface area contributed by atoms with Gasteiger partial charge in [-0.1, -0.05) is 25.1 Å². The van der Waals surface area contributed by atoms with Crippen LogP contribution in [0.4, 0.5) is 24.7 Å². The van der Waals surface area contributed by atoms with E-state index in [9.17, 15) is 32.8 Å². The number of thioether (sulfide) groups is 1. The molecule has 0 aliphatic heterocycles. The fourth-order valence-electron chi connectivity index (χ4n) is 3.12. The van der Waals surface area contributed by atoms with Crippen LogP contribution in [0.25, 0.3) is 0 Å². The molecular weight excluding hydrogens is 461 g/mol. The van der Waals surface area contributed by atoms with E-state index >= 15 is 0 Å². The van der Waals surface area contributed by atoms with Gasteiger partial charge in [-0.15, -0.1) is 0 Å². The number of unbranched alkanes of at least 4 members (excludes halogenated alkanes) is 1. The number of hydrogen-bond donors (Lipinski definition) is 2. The Hall–Kier alpha value is -3.27. The lowest BCUT2D eigenvalue weighted by atomic mass is 10.1. The first kappa shape index (κ1) is 26.0. The van der Waals surface area contributed by atoms with E-state index in [1.807, 2.05) is 6.92 Å². The molecule has 0 atom stereocenters. The molecule has 13 heteroatoms. The Bertz CT molecular complexity index is 1200. The molecule has 1 amide bonds. The lowest BCUT2D eigenvalue weighted by Crippen LogP contribution is -2.41. The van der Waals surface area contributed by atoms with Crippen LogP contribution < -0.4 is 21.9 Å². The number of aryl methyl sites for hydroxylation is 1. The summed E-state index contributed by atoms with van der Waals surface area (Å²) in [5.41, 5.74) is 2.49. The van der Waals surface area contributed by atoms with Gasteiger partial charge in [-0.2, -0.15) is 18.4 Å². The van der Waals surface area contributed by atoms with E-state index < -0.39 is 40.2 Å². The van der Waals surface area contributed by atoms with Crippen molar-refractivity contribution in [3.8, 4) is 6.07 Å². The molecule has 2 heterocycles. The molecular formula is C20H23F3N6O3S. The summed E-state index contributed by atoms with van der Waals surface area (Å²) in [6.45, 7) is 5.09. The van der Waals surface area contributed by atoms with Gasteiger partial charge in [0, 0.05) is 18.8 Å². The minimum Gasteiger partial charge on any atom is -0.383 e. The number of aromatic nitrogens is 3. The molecule has 0 aromatic carbocycles. The van der Waals surface area contributed by atoms with Crippen LogP contribution in [0, 0.1) is 18.3 Å². The number of carbonyl (C=O) groups excluding carboxylic acids is 1. The van der Waals surface area contributed by atoms with E-state index in [0.29, 0.717) is 18.2 Å². The van der Waals surface area contributed by atoms with E-state index in [-0.39, 0.29) is 35.3 Å². The zero-order valence-corrected chi connectivity index (χ0v) is 19.1. The largest absolute Gasteiger partial charge is 0.417 e. The van der Waals surface area contributed by atoms with E-state index in [0.717, 1.165) is 22.0 Å². The number of hydrogen-bond acceptors (Lipinski definition) is 7. The molecule has 2 aromatic rings. The van der Waals surface area contributed by atoms with Gasteiger partial charge in [0.2, 0.25) is 5.91 Å². The van der Waals surface area contributed by atoms with Gasteiger partial charge in [-0.3, -0.25) is 19.1 Å². The van der Waals surface area contributed by atoms with Gasteiger partial charge < -0.3 is 10.6 Å². The van der Waals surface area contributed by atoms with Crippen LogP contribution in [0.1, 0.15) is 43.5 Å². The number of rotatable bonds is 8. The van der Waals surface area contributed by atoms with Gasteiger partial charge in [0.15, 0.2) is 5.69 Å². The van der Waals surface area contributed by atoms with Crippen molar-refractivity contribution in [2.24, 2.45) is 0 Å². The van der Waals surface area contributed by atoms with Crippen molar-refractivity contribution in [1.29, 1.82) is 5.26 Å². The molecule has 0 aliphatic carbocycles. The molecule has 178 valence electrons. The molecule has 0 bridgehead atoms. The number of nitrogens with zero attached hydrogens (tertiary/aromatic N) is 4. The number of pyridine rings is 1. The van der Waals surface area contributed by atoms with Crippen molar-refractivity contribution in [3.63, 3.8) is 0 Å². The maximum absolute atomic E-state index is 13.3. The number of amides is 1. The highest BCUT2D eigenvalue weighted by atomic mass is 32.2. The molecule has 33 heavy (non-hydrogen) atoms. The Labute approximate surface area is 191 Å². The van der Waals surface area contributed by atoms with Gasteiger partial charge in [-0.25, -0.2) is 9.78 Å². The number of nitriles is 1. The topological polar surface area (TPSA) is 138 Å². The Kier molecular flexibility index (Phi) is 8.32. The highest BCUT2D eigenvalue weighted by Crippen LogP contribution is 2.36. The lowest BCUT2D eigenvalue weighted by molar-refractivity contribution is -0.138. The highest BCUT2D eigenvalue weighted by molar-refractivity contribution is 8.00. The van der Waals surface area contributed by atoms with Crippen LogP contribution in [-0.2, 0) is 17.5 Å². The first-order chi connectivity index (χ1) is 15.5. The van der Waals surface area contributed by atoms with Gasteiger partial charge >= 0.3 is 11.9 Å². The van der Waals surface area contributed by atoms with E-state index in [4.69, 9.17) is 5.73 Å². The zero-order valence-electron chi connectivity index (χ0n) is 18.2. The number of halogens is 3. The average Bonchev–Trinajstić information content (AvgIpc) is 2.73. The normalized spacial score (nSPS) is 11.3. The van der Waals surface area contributed by atoms with Crippen molar-refractivity contribution >= 4 is 29.2 Å². The Balaban J connectivity index is 2.40. The standard InChI is InChI=1S/C20H23F3N6O3S/c1-4-6-7-29-16(25)15(17(31)27-19(29)32)28(5-2)14(30)10-33-18-12(9-24)13(20(21,22)23)8-11(3)26-18/h8H,4-7,10,25H2,1-3H3,(H,27,31,32). The molecule has 3 N–H and O–H groups in total. The fourth-order valence-corrected chi connectivity index (χ4v) is 4.05. The number of carbonyl (C=O) groups is 1. The van der Waals surface area contributed by atoms with Crippen LogP contribution in [0.5, 0.6) is 0 Å². The molecule has 0 saturated heterocycles. The molecule has 0 saturated carbocycles. The van der Waals surface area contributed by atoms with Crippen LogP contribution >= 0.6 is 11.8 Å². The smallest absolute Gasteiger partial charge is 0.383 e. The highest BCUT2D eigenvalue weighted by Gasteiger charge is 2.36. The number of nitrogens with one attached hydrogen (secondary N) is 1. The van der Waals surface area contributed by atoms with Crippen LogP contribution in [0.15, 0.2) is 20.7 Å². The van der Waals surface area contributed by atoms with Crippen molar-refractivity contribution < 1.29 is 18.0 Å². The van der Waals surface area contributed by atoms with Gasteiger partial charge in [0.25, 0.3) is 5.56 Å². The van der Waals surface area contributed by atoms with Crippen molar-refractivity contribution in [3.05, 3.63) is 43.7 Å².